The quantitative estimate of drug-likeness (QED) is 0.905. The van der Waals surface area contributed by atoms with Gasteiger partial charge in [-0.2, -0.15) is 0 Å². The number of nitrogens with one attached hydrogen (secondary N) is 1. The Kier molecular flexibility index (Phi) is 4.38. The summed E-state index contributed by atoms with van der Waals surface area (Å²) in [5.74, 6) is 0.381. The summed E-state index contributed by atoms with van der Waals surface area (Å²) in [5.41, 5.74) is 2.50. The first-order valence-electron chi connectivity index (χ1n) is 7.58. The van der Waals surface area contributed by atoms with Crippen molar-refractivity contribution in [1.82, 2.24) is 5.32 Å². The Bertz CT molecular complexity index is 465. The van der Waals surface area contributed by atoms with Gasteiger partial charge in [-0.25, -0.2) is 4.39 Å². The highest BCUT2D eigenvalue weighted by Gasteiger charge is 2.27. The van der Waals surface area contributed by atoms with E-state index in [9.17, 15) is 4.39 Å². The molecule has 0 radical (unpaired) electrons. The second-order valence-electron chi connectivity index (χ2n) is 7.07. The summed E-state index contributed by atoms with van der Waals surface area (Å²) >= 11 is 0. The van der Waals surface area contributed by atoms with Gasteiger partial charge >= 0.3 is 0 Å². The number of fused-ring (bicyclic) bond motifs is 1. The van der Waals surface area contributed by atoms with Gasteiger partial charge in [0.15, 0.2) is 0 Å². The SMILES string of the molecule is CC(CNC(C)(C)C)C(C)N1CCc2ccc(F)cc21. The second-order valence-corrected chi connectivity index (χ2v) is 7.07. The van der Waals surface area contributed by atoms with Crippen LogP contribution in [0.3, 0.4) is 0 Å². The first-order chi connectivity index (χ1) is 9.28. The van der Waals surface area contributed by atoms with Crippen LogP contribution in [-0.4, -0.2) is 24.7 Å². The van der Waals surface area contributed by atoms with Crippen LogP contribution in [0, 0.1) is 11.7 Å². The van der Waals surface area contributed by atoms with Crippen LogP contribution in [0.5, 0.6) is 0 Å². The van der Waals surface area contributed by atoms with E-state index < -0.39 is 0 Å². The van der Waals surface area contributed by atoms with Crippen molar-refractivity contribution in [1.29, 1.82) is 0 Å². The minimum absolute atomic E-state index is 0.136. The average molecular weight is 278 g/mol. The lowest BCUT2D eigenvalue weighted by Gasteiger charge is -2.34. The lowest BCUT2D eigenvalue weighted by atomic mass is 9.99. The predicted octanol–water partition coefficient (Wildman–Crippen LogP) is 3.60. The largest absolute Gasteiger partial charge is 0.368 e. The summed E-state index contributed by atoms with van der Waals surface area (Å²) in [6, 6.07) is 5.59. The van der Waals surface area contributed by atoms with Gasteiger partial charge in [-0.3, -0.25) is 0 Å². The van der Waals surface area contributed by atoms with E-state index in [4.69, 9.17) is 0 Å². The molecule has 2 unspecified atom stereocenters. The fourth-order valence-electron chi connectivity index (χ4n) is 2.75. The van der Waals surface area contributed by atoms with Gasteiger partial charge in [0.25, 0.3) is 0 Å². The van der Waals surface area contributed by atoms with Crippen LogP contribution in [0.25, 0.3) is 0 Å². The van der Waals surface area contributed by atoms with E-state index in [1.165, 1.54) is 5.56 Å². The molecule has 112 valence electrons. The van der Waals surface area contributed by atoms with Gasteiger partial charge in [0.1, 0.15) is 5.82 Å². The Labute approximate surface area is 122 Å². The van der Waals surface area contributed by atoms with Gasteiger partial charge in [-0.1, -0.05) is 13.0 Å². The average Bonchev–Trinajstić information content (AvgIpc) is 2.77. The standard InChI is InChI=1S/C17H27FN2/c1-12(11-19-17(3,4)5)13(2)20-9-8-14-6-7-15(18)10-16(14)20/h6-7,10,12-13,19H,8-9,11H2,1-5H3. The fourth-order valence-corrected chi connectivity index (χ4v) is 2.75. The molecule has 0 amide bonds. The molecule has 0 saturated carbocycles. The molecule has 0 saturated heterocycles. The van der Waals surface area contributed by atoms with E-state index in [2.05, 4.69) is 44.8 Å². The van der Waals surface area contributed by atoms with E-state index in [0.29, 0.717) is 12.0 Å². The summed E-state index contributed by atoms with van der Waals surface area (Å²) < 4.78 is 13.5. The Balaban J connectivity index is 2.04. The summed E-state index contributed by atoms with van der Waals surface area (Å²) in [6.07, 6.45) is 1.03. The summed E-state index contributed by atoms with van der Waals surface area (Å²) in [7, 11) is 0. The number of nitrogens with zero attached hydrogens (tertiary/aromatic N) is 1. The monoisotopic (exact) mass is 278 g/mol. The molecule has 1 aromatic rings. The van der Waals surface area contributed by atoms with Crippen molar-refractivity contribution >= 4 is 5.69 Å². The number of hydrogen-bond donors (Lipinski definition) is 1. The molecule has 0 aromatic heterocycles. The highest BCUT2D eigenvalue weighted by molar-refractivity contribution is 5.58. The van der Waals surface area contributed by atoms with Crippen molar-refractivity contribution in [2.24, 2.45) is 5.92 Å². The fraction of sp³-hybridized carbons (Fsp3) is 0.647. The Hall–Kier alpha value is -1.09. The van der Waals surface area contributed by atoms with E-state index in [1.807, 2.05) is 6.07 Å². The maximum Gasteiger partial charge on any atom is 0.125 e. The molecular formula is C17H27FN2. The lowest BCUT2D eigenvalue weighted by Crippen LogP contribution is -2.45. The molecule has 1 heterocycles. The first-order valence-corrected chi connectivity index (χ1v) is 7.58. The molecule has 0 bridgehead atoms. The molecule has 2 nitrogen and oxygen atoms in total. The number of halogens is 1. The lowest BCUT2D eigenvalue weighted by molar-refractivity contribution is 0.352. The number of anilines is 1. The second kappa shape index (κ2) is 5.72. The molecule has 0 aliphatic carbocycles. The molecule has 2 atom stereocenters. The third-order valence-electron chi connectivity index (χ3n) is 4.25. The molecule has 0 fully saturated rings. The smallest absolute Gasteiger partial charge is 0.125 e. The van der Waals surface area contributed by atoms with Crippen LogP contribution in [0.1, 0.15) is 40.2 Å². The van der Waals surface area contributed by atoms with Crippen molar-refractivity contribution in [2.75, 3.05) is 18.0 Å². The number of rotatable bonds is 4. The Morgan fingerprint density at radius 3 is 2.65 bits per heavy atom. The van der Waals surface area contributed by atoms with Crippen molar-refractivity contribution in [3.8, 4) is 0 Å². The van der Waals surface area contributed by atoms with Crippen LogP contribution in [0.4, 0.5) is 10.1 Å². The van der Waals surface area contributed by atoms with Gasteiger partial charge in [0, 0.05) is 30.4 Å². The normalized spacial score (nSPS) is 18.0. The maximum atomic E-state index is 13.5. The van der Waals surface area contributed by atoms with Crippen LogP contribution < -0.4 is 10.2 Å². The zero-order valence-corrected chi connectivity index (χ0v) is 13.3. The maximum absolute atomic E-state index is 13.5. The predicted molar refractivity (Wildman–Crippen MR) is 83.8 cm³/mol. The van der Waals surface area contributed by atoms with Crippen LogP contribution in [0.2, 0.25) is 0 Å². The number of benzene rings is 1. The van der Waals surface area contributed by atoms with E-state index in [1.54, 1.807) is 12.1 Å². The van der Waals surface area contributed by atoms with E-state index >= 15 is 0 Å². The third-order valence-corrected chi connectivity index (χ3v) is 4.25. The first kappa shape index (κ1) is 15.3. The van der Waals surface area contributed by atoms with Gasteiger partial charge in [-0.15, -0.1) is 0 Å². The highest BCUT2D eigenvalue weighted by atomic mass is 19.1. The van der Waals surface area contributed by atoms with Gasteiger partial charge < -0.3 is 10.2 Å². The van der Waals surface area contributed by atoms with Crippen molar-refractivity contribution in [2.45, 2.75) is 52.6 Å². The van der Waals surface area contributed by atoms with Gasteiger partial charge in [-0.05, 0) is 57.7 Å². The molecule has 2 rings (SSSR count). The van der Waals surface area contributed by atoms with Crippen LogP contribution in [-0.2, 0) is 6.42 Å². The molecule has 3 heteroatoms. The third kappa shape index (κ3) is 3.51. The highest BCUT2D eigenvalue weighted by Crippen LogP contribution is 2.32. The van der Waals surface area contributed by atoms with Crippen LogP contribution >= 0.6 is 0 Å². The van der Waals surface area contributed by atoms with Gasteiger partial charge in [0.2, 0.25) is 0 Å². The van der Waals surface area contributed by atoms with Crippen molar-refractivity contribution in [3.05, 3.63) is 29.6 Å². The molecule has 1 aliphatic rings. The molecule has 1 aromatic carbocycles. The minimum atomic E-state index is -0.136. The van der Waals surface area contributed by atoms with E-state index in [-0.39, 0.29) is 11.4 Å². The Morgan fingerprint density at radius 1 is 1.30 bits per heavy atom. The Morgan fingerprint density at radius 2 is 2.00 bits per heavy atom. The molecule has 0 spiro atoms. The summed E-state index contributed by atoms with van der Waals surface area (Å²) in [6.45, 7) is 13.0. The summed E-state index contributed by atoms with van der Waals surface area (Å²) in [4.78, 5) is 2.35. The molecule has 20 heavy (non-hydrogen) atoms. The zero-order valence-electron chi connectivity index (χ0n) is 13.3. The van der Waals surface area contributed by atoms with E-state index in [0.717, 1.165) is 25.2 Å². The minimum Gasteiger partial charge on any atom is -0.368 e. The molecular weight excluding hydrogens is 251 g/mol. The zero-order chi connectivity index (χ0) is 14.9. The summed E-state index contributed by atoms with van der Waals surface area (Å²) in [5, 5.41) is 3.56. The number of hydrogen-bond acceptors (Lipinski definition) is 2. The van der Waals surface area contributed by atoms with Crippen molar-refractivity contribution < 1.29 is 4.39 Å². The molecule has 1 N–H and O–H groups in total. The van der Waals surface area contributed by atoms with Crippen LogP contribution in [0.15, 0.2) is 18.2 Å². The van der Waals surface area contributed by atoms with Gasteiger partial charge in [0.05, 0.1) is 0 Å². The van der Waals surface area contributed by atoms with Crippen molar-refractivity contribution in [3.63, 3.8) is 0 Å². The topological polar surface area (TPSA) is 15.3 Å². The molecule has 1 aliphatic heterocycles.